The van der Waals surface area contributed by atoms with E-state index in [-0.39, 0.29) is 25.5 Å². The molecule has 0 saturated heterocycles. The molecule has 0 aromatic heterocycles. The number of carbonyl (C=O) groups is 3. The Labute approximate surface area is 168 Å². The second kappa shape index (κ2) is 7.37. The van der Waals surface area contributed by atoms with Gasteiger partial charge < -0.3 is 20.5 Å². The van der Waals surface area contributed by atoms with Crippen LogP contribution in [0.1, 0.15) is 27.2 Å². The van der Waals surface area contributed by atoms with Gasteiger partial charge in [-0.05, 0) is 38.3 Å². The quantitative estimate of drug-likeness (QED) is 0.699. The number of anilines is 1. The molecule has 1 aromatic carbocycles. The first-order chi connectivity index (χ1) is 13.2. The van der Waals surface area contributed by atoms with E-state index >= 15 is 0 Å². The molecule has 28 heavy (non-hydrogen) atoms. The van der Waals surface area contributed by atoms with E-state index in [0.717, 1.165) is 0 Å². The van der Waals surface area contributed by atoms with Crippen LogP contribution in [0.15, 0.2) is 24.3 Å². The monoisotopic (exact) mass is 408 g/mol. The highest BCUT2D eigenvalue weighted by molar-refractivity contribution is 6.33. The lowest BCUT2D eigenvalue weighted by molar-refractivity contribution is -0.154. The third-order valence-corrected chi connectivity index (χ3v) is 6.50. The lowest BCUT2D eigenvalue weighted by Gasteiger charge is -2.32. The van der Waals surface area contributed by atoms with Gasteiger partial charge in [0.1, 0.15) is 5.54 Å². The highest BCUT2D eigenvalue weighted by atomic mass is 35.5. The second-order valence-corrected chi connectivity index (χ2v) is 7.92. The average Bonchev–Trinajstić information content (AvgIpc) is 3.21. The van der Waals surface area contributed by atoms with Crippen molar-refractivity contribution in [3.05, 3.63) is 29.3 Å². The molecular weight excluding hydrogens is 384 g/mol. The standard InChI is InChI=1S/C20H25ClN2O5/c1-4-27-17(25)15-14-11(16(24)23-13-9-7-6-8-12(13)21)10-20(22,19(14,15)3)18(26)28-5-2/h6-9,11,14-15H,4-5,10,22H2,1-3H3,(H,23,24)/t11-,14-,15-,19-,20-/m0/s1. The van der Waals surface area contributed by atoms with E-state index in [2.05, 4.69) is 5.32 Å². The predicted octanol–water partition coefficient (Wildman–Crippen LogP) is 2.37. The summed E-state index contributed by atoms with van der Waals surface area (Å²) >= 11 is 6.13. The Morgan fingerprint density at radius 2 is 1.86 bits per heavy atom. The van der Waals surface area contributed by atoms with E-state index in [0.29, 0.717) is 10.7 Å². The van der Waals surface area contributed by atoms with E-state index in [1.54, 1.807) is 45.0 Å². The zero-order valence-electron chi connectivity index (χ0n) is 16.2. The molecule has 0 aliphatic heterocycles. The predicted molar refractivity (Wildman–Crippen MR) is 103 cm³/mol. The van der Waals surface area contributed by atoms with Gasteiger partial charge in [0.15, 0.2) is 0 Å². The first kappa shape index (κ1) is 20.6. The van der Waals surface area contributed by atoms with Crippen LogP contribution in [0.3, 0.4) is 0 Å². The van der Waals surface area contributed by atoms with Crippen molar-refractivity contribution in [2.45, 2.75) is 32.7 Å². The minimum atomic E-state index is -1.44. The maximum absolute atomic E-state index is 13.0. The van der Waals surface area contributed by atoms with Crippen molar-refractivity contribution in [1.29, 1.82) is 0 Å². The SMILES string of the molecule is CCOC(=O)[C@@H]1[C@@H]2[C@@H](C(=O)Nc3ccccc3Cl)C[C@](N)(C(=O)OCC)[C@@]21C. The van der Waals surface area contributed by atoms with Gasteiger partial charge in [-0.3, -0.25) is 14.4 Å². The first-order valence-electron chi connectivity index (χ1n) is 9.40. The zero-order valence-corrected chi connectivity index (χ0v) is 16.9. The van der Waals surface area contributed by atoms with E-state index in [4.69, 9.17) is 26.8 Å². The van der Waals surface area contributed by atoms with Crippen LogP contribution < -0.4 is 11.1 Å². The van der Waals surface area contributed by atoms with Gasteiger partial charge >= 0.3 is 11.9 Å². The molecular formula is C20H25ClN2O5. The number of amides is 1. The van der Waals surface area contributed by atoms with Crippen LogP contribution in [0.5, 0.6) is 0 Å². The number of fused-ring (bicyclic) bond motifs is 1. The Morgan fingerprint density at radius 1 is 1.21 bits per heavy atom. The van der Waals surface area contributed by atoms with Crippen LogP contribution in [0.25, 0.3) is 0 Å². The van der Waals surface area contributed by atoms with Crippen molar-refractivity contribution in [3.63, 3.8) is 0 Å². The van der Waals surface area contributed by atoms with Crippen LogP contribution in [0.4, 0.5) is 5.69 Å². The molecule has 1 aromatic rings. The van der Waals surface area contributed by atoms with Crippen LogP contribution in [0, 0.1) is 23.2 Å². The van der Waals surface area contributed by atoms with Crippen molar-refractivity contribution in [1.82, 2.24) is 0 Å². The fourth-order valence-electron chi connectivity index (χ4n) is 4.70. The summed E-state index contributed by atoms with van der Waals surface area (Å²) in [6, 6.07) is 6.87. The number of esters is 2. The number of para-hydroxylation sites is 1. The second-order valence-electron chi connectivity index (χ2n) is 7.51. The fraction of sp³-hybridized carbons (Fsp3) is 0.550. The van der Waals surface area contributed by atoms with E-state index in [1.807, 2.05) is 0 Å². The van der Waals surface area contributed by atoms with Gasteiger partial charge in [-0.1, -0.05) is 30.7 Å². The normalized spacial score (nSPS) is 33.0. The van der Waals surface area contributed by atoms with Gasteiger partial charge in [0.25, 0.3) is 0 Å². The van der Waals surface area contributed by atoms with Gasteiger partial charge in [-0.15, -0.1) is 0 Å². The zero-order chi connectivity index (χ0) is 20.7. The number of nitrogens with two attached hydrogens (primary N) is 1. The molecule has 0 radical (unpaired) electrons. The van der Waals surface area contributed by atoms with Crippen LogP contribution in [-0.4, -0.2) is 36.6 Å². The number of halogens is 1. The van der Waals surface area contributed by atoms with E-state index in [1.165, 1.54) is 0 Å². The Balaban J connectivity index is 1.90. The Morgan fingerprint density at radius 3 is 2.46 bits per heavy atom. The van der Waals surface area contributed by atoms with Gasteiger partial charge in [-0.25, -0.2) is 0 Å². The maximum atomic E-state index is 13.0. The largest absolute Gasteiger partial charge is 0.466 e. The highest BCUT2D eigenvalue weighted by Crippen LogP contribution is 2.74. The molecule has 0 unspecified atom stereocenters. The molecule has 2 fully saturated rings. The minimum Gasteiger partial charge on any atom is -0.466 e. The van der Waals surface area contributed by atoms with Crippen molar-refractivity contribution in [3.8, 4) is 0 Å². The number of hydrogen-bond donors (Lipinski definition) is 2. The number of nitrogens with one attached hydrogen (secondary N) is 1. The molecule has 152 valence electrons. The van der Waals surface area contributed by atoms with Crippen LogP contribution in [-0.2, 0) is 23.9 Å². The Bertz CT molecular complexity index is 816. The van der Waals surface area contributed by atoms with Gasteiger partial charge in [0.2, 0.25) is 5.91 Å². The maximum Gasteiger partial charge on any atom is 0.326 e. The van der Waals surface area contributed by atoms with E-state index in [9.17, 15) is 14.4 Å². The average molecular weight is 409 g/mol. The molecule has 0 heterocycles. The lowest BCUT2D eigenvalue weighted by atomic mass is 9.80. The smallest absolute Gasteiger partial charge is 0.326 e. The highest BCUT2D eigenvalue weighted by Gasteiger charge is 2.83. The molecule has 2 aliphatic rings. The summed E-state index contributed by atoms with van der Waals surface area (Å²) in [6.07, 6.45) is 0.0964. The first-order valence-corrected chi connectivity index (χ1v) is 9.78. The molecule has 2 saturated carbocycles. The molecule has 2 aliphatic carbocycles. The van der Waals surface area contributed by atoms with Crippen molar-refractivity contribution < 1.29 is 23.9 Å². The van der Waals surface area contributed by atoms with E-state index < -0.39 is 40.6 Å². The number of hydrogen-bond acceptors (Lipinski definition) is 6. The Hall–Kier alpha value is -2.12. The van der Waals surface area contributed by atoms with Crippen molar-refractivity contribution in [2.75, 3.05) is 18.5 Å². The number of benzene rings is 1. The van der Waals surface area contributed by atoms with Gasteiger partial charge in [0.05, 0.1) is 29.8 Å². The molecule has 7 nitrogen and oxygen atoms in total. The summed E-state index contributed by atoms with van der Waals surface area (Å²) in [6.45, 7) is 5.54. The molecule has 3 rings (SSSR count). The van der Waals surface area contributed by atoms with Crippen molar-refractivity contribution in [2.24, 2.45) is 28.9 Å². The molecule has 3 N–H and O–H groups in total. The molecule has 5 atom stereocenters. The summed E-state index contributed by atoms with van der Waals surface area (Å²) in [5.74, 6) is -3.02. The summed E-state index contributed by atoms with van der Waals surface area (Å²) in [5, 5.41) is 3.20. The summed E-state index contributed by atoms with van der Waals surface area (Å²) in [7, 11) is 0. The van der Waals surface area contributed by atoms with Crippen LogP contribution in [0.2, 0.25) is 5.02 Å². The van der Waals surface area contributed by atoms with Gasteiger partial charge in [-0.2, -0.15) is 0 Å². The summed E-state index contributed by atoms with van der Waals surface area (Å²) in [5.41, 5.74) is 4.63. The van der Waals surface area contributed by atoms with Crippen molar-refractivity contribution >= 4 is 35.1 Å². The fourth-order valence-corrected chi connectivity index (χ4v) is 4.88. The topological polar surface area (TPSA) is 108 Å². The molecule has 8 heteroatoms. The summed E-state index contributed by atoms with van der Waals surface area (Å²) in [4.78, 5) is 38.2. The number of carbonyl (C=O) groups excluding carboxylic acids is 3. The molecule has 1 amide bonds. The number of ether oxygens (including phenoxy) is 2. The third kappa shape index (κ3) is 2.97. The lowest BCUT2D eigenvalue weighted by Crippen LogP contribution is -2.56. The molecule has 0 spiro atoms. The van der Waals surface area contributed by atoms with Crippen LogP contribution >= 0.6 is 11.6 Å². The van der Waals surface area contributed by atoms with Gasteiger partial charge in [0, 0.05) is 11.3 Å². The number of rotatable bonds is 6. The summed E-state index contributed by atoms with van der Waals surface area (Å²) < 4.78 is 10.3. The minimum absolute atomic E-state index is 0.0964. The third-order valence-electron chi connectivity index (χ3n) is 6.17. The molecule has 0 bridgehead atoms. The Kier molecular flexibility index (Phi) is 5.42.